The summed E-state index contributed by atoms with van der Waals surface area (Å²) in [6.07, 6.45) is 10.7. The Balaban J connectivity index is 2.21. The Morgan fingerprint density at radius 3 is 3.08 bits per heavy atom. The minimum Gasteiger partial charge on any atom is -0.466 e. The van der Waals surface area contributed by atoms with Crippen LogP contribution < -0.4 is 5.32 Å². The third kappa shape index (κ3) is 3.78. The highest BCUT2D eigenvalue weighted by Gasteiger charge is 2.06. The van der Waals surface area contributed by atoms with Crippen molar-refractivity contribution in [1.29, 1.82) is 0 Å². The van der Waals surface area contributed by atoms with Crippen molar-refractivity contribution in [1.82, 2.24) is 5.32 Å². The molecule has 3 nitrogen and oxygen atoms in total. The highest BCUT2D eigenvalue weighted by Crippen LogP contribution is 2.09. The SMILES string of the molecule is COC(=O)/C=C/NC1CC=CCC1. The zero-order chi connectivity index (χ0) is 9.52. The van der Waals surface area contributed by atoms with Crippen molar-refractivity contribution in [2.24, 2.45) is 0 Å². The van der Waals surface area contributed by atoms with Crippen molar-refractivity contribution in [3.8, 4) is 0 Å². The van der Waals surface area contributed by atoms with Crippen LogP contribution >= 0.6 is 0 Å². The third-order valence-corrected chi connectivity index (χ3v) is 2.02. The number of carbonyl (C=O) groups is 1. The minimum absolute atomic E-state index is 0.321. The quantitative estimate of drug-likeness (QED) is 0.406. The minimum atomic E-state index is -0.321. The van der Waals surface area contributed by atoms with Crippen LogP contribution in [0.15, 0.2) is 24.4 Å². The first kappa shape index (κ1) is 9.84. The van der Waals surface area contributed by atoms with E-state index in [-0.39, 0.29) is 5.97 Å². The summed E-state index contributed by atoms with van der Waals surface area (Å²) in [6, 6.07) is 0.464. The van der Waals surface area contributed by atoms with E-state index in [1.54, 1.807) is 6.20 Å². The summed E-state index contributed by atoms with van der Waals surface area (Å²) in [5.41, 5.74) is 0. The van der Waals surface area contributed by atoms with E-state index in [9.17, 15) is 4.79 Å². The summed E-state index contributed by atoms with van der Waals surface area (Å²) in [5.74, 6) is -0.321. The van der Waals surface area contributed by atoms with Gasteiger partial charge in [-0.15, -0.1) is 0 Å². The Kier molecular flexibility index (Phi) is 4.09. The molecule has 0 spiro atoms. The molecular formula is C10H15NO2. The van der Waals surface area contributed by atoms with Gasteiger partial charge in [0.25, 0.3) is 0 Å². The maximum Gasteiger partial charge on any atom is 0.331 e. The van der Waals surface area contributed by atoms with Gasteiger partial charge >= 0.3 is 5.97 Å². The molecule has 1 aliphatic carbocycles. The van der Waals surface area contributed by atoms with E-state index < -0.39 is 0 Å². The molecule has 1 atom stereocenters. The summed E-state index contributed by atoms with van der Waals surface area (Å²) in [7, 11) is 1.37. The van der Waals surface area contributed by atoms with Gasteiger partial charge in [-0.3, -0.25) is 0 Å². The third-order valence-electron chi connectivity index (χ3n) is 2.02. The van der Waals surface area contributed by atoms with Crippen molar-refractivity contribution in [2.45, 2.75) is 25.3 Å². The maximum atomic E-state index is 10.7. The molecule has 72 valence electrons. The second kappa shape index (κ2) is 5.41. The van der Waals surface area contributed by atoms with Gasteiger partial charge in [0, 0.05) is 18.3 Å². The van der Waals surface area contributed by atoms with Gasteiger partial charge in [-0.2, -0.15) is 0 Å². The van der Waals surface area contributed by atoms with Crippen LogP contribution in [0.5, 0.6) is 0 Å². The second-order valence-electron chi connectivity index (χ2n) is 3.00. The van der Waals surface area contributed by atoms with Crippen LogP contribution in [-0.2, 0) is 9.53 Å². The van der Waals surface area contributed by atoms with E-state index in [1.165, 1.54) is 13.2 Å². The van der Waals surface area contributed by atoms with E-state index in [1.807, 2.05) is 0 Å². The fourth-order valence-electron chi connectivity index (χ4n) is 1.27. The van der Waals surface area contributed by atoms with E-state index in [0.717, 1.165) is 19.3 Å². The fraction of sp³-hybridized carbons (Fsp3) is 0.500. The first-order valence-corrected chi connectivity index (χ1v) is 4.48. The van der Waals surface area contributed by atoms with Crippen LogP contribution in [0.25, 0.3) is 0 Å². The smallest absolute Gasteiger partial charge is 0.331 e. The van der Waals surface area contributed by atoms with Crippen molar-refractivity contribution >= 4 is 5.97 Å². The normalized spacial score (nSPS) is 21.8. The molecule has 0 saturated heterocycles. The largest absolute Gasteiger partial charge is 0.466 e. The zero-order valence-electron chi connectivity index (χ0n) is 7.82. The summed E-state index contributed by atoms with van der Waals surface area (Å²) >= 11 is 0. The van der Waals surface area contributed by atoms with Gasteiger partial charge in [-0.05, 0) is 19.3 Å². The Morgan fingerprint density at radius 1 is 1.62 bits per heavy atom. The highest BCUT2D eigenvalue weighted by molar-refractivity contribution is 5.81. The predicted octanol–water partition coefficient (Wildman–Crippen LogP) is 1.37. The molecule has 0 aromatic rings. The molecular weight excluding hydrogens is 166 g/mol. The number of hydrogen-bond donors (Lipinski definition) is 1. The molecule has 0 fully saturated rings. The molecule has 0 heterocycles. The topological polar surface area (TPSA) is 38.3 Å². The average Bonchev–Trinajstić information content (AvgIpc) is 2.19. The van der Waals surface area contributed by atoms with E-state index in [4.69, 9.17) is 0 Å². The van der Waals surface area contributed by atoms with Crippen molar-refractivity contribution in [3.63, 3.8) is 0 Å². The van der Waals surface area contributed by atoms with Crippen molar-refractivity contribution in [3.05, 3.63) is 24.4 Å². The lowest BCUT2D eigenvalue weighted by Crippen LogP contribution is -2.25. The standard InChI is InChI=1S/C10H15NO2/c1-13-10(12)7-8-11-9-5-3-2-4-6-9/h2-3,7-9,11H,4-6H2,1H3/b8-7+. The van der Waals surface area contributed by atoms with Crippen LogP contribution in [0.3, 0.4) is 0 Å². The summed E-state index contributed by atoms with van der Waals surface area (Å²) in [6.45, 7) is 0. The fourth-order valence-corrected chi connectivity index (χ4v) is 1.27. The molecule has 1 rings (SSSR count). The number of carbonyl (C=O) groups excluding carboxylic acids is 1. The van der Waals surface area contributed by atoms with Gasteiger partial charge in [0.05, 0.1) is 7.11 Å². The maximum absolute atomic E-state index is 10.7. The van der Waals surface area contributed by atoms with Crippen LogP contribution in [0.1, 0.15) is 19.3 Å². The van der Waals surface area contributed by atoms with Gasteiger partial charge in [0.2, 0.25) is 0 Å². The molecule has 0 aromatic carbocycles. The summed E-state index contributed by atoms with van der Waals surface area (Å²) < 4.78 is 4.46. The average molecular weight is 181 g/mol. The molecule has 1 unspecified atom stereocenters. The van der Waals surface area contributed by atoms with E-state index in [0.29, 0.717) is 6.04 Å². The summed E-state index contributed by atoms with van der Waals surface area (Å²) in [4.78, 5) is 10.7. The van der Waals surface area contributed by atoms with E-state index in [2.05, 4.69) is 22.2 Å². The van der Waals surface area contributed by atoms with Crippen molar-refractivity contribution in [2.75, 3.05) is 7.11 Å². The molecule has 0 aliphatic heterocycles. The molecule has 1 aliphatic rings. The van der Waals surface area contributed by atoms with Crippen LogP contribution in [0, 0.1) is 0 Å². The number of esters is 1. The number of ether oxygens (including phenoxy) is 1. The molecule has 0 saturated carbocycles. The zero-order valence-corrected chi connectivity index (χ0v) is 7.82. The lowest BCUT2D eigenvalue weighted by Gasteiger charge is -2.17. The van der Waals surface area contributed by atoms with Gasteiger partial charge < -0.3 is 10.1 Å². The Morgan fingerprint density at radius 2 is 2.46 bits per heavy atom. The highest BCUT2D eigenvalue weighted by atomic mass is 16.5. The molecule has 0 aromatic heterocycles. The Hall–Kier alpha value is -1.25. The van der Waals surface area contributed by atoms with Gasteiger partial charge in [-0.25, -0.2) is 4.79 Å². The first-order valence-electron chi connectivity index (χ1n) is 4.48. The van der Waals surface area contributed by atoms with Crippen molar-refractivity contribution < 1.29 is 9.53 Å². The summed E-state index contributed by atoms with van der Waals surface area (Å²) in [5, 5.41) is 3.15. The number of rotatable bonds is 3. The number of nitrogens with one attached hydrogen (secondary N) is 1. The first-order chi connectivity index (χ1) is 6.33. The number of allylic oxidation sites excluding steroid dienone is 1. The lowest BCUT2D eigenvalue weighted by molar-refractivity contribution is -0.134. The Labute approximate surface area is 78.5 Å². The van der Waals surface area contributed by atoms with Gasteiger partial charge in [0.15, 0.2) is 0 Å². The molecule has 0 bridgehead atoms. The number of methoxy groups -OCH3 is 1. The predicted molar refractivity (Wildman–Crippen MR) is 51.1 cm³/mol. The molecule has 13 heavy (non-hydrogen) atoms. The second-order valence-corrected chi connectivity index (χ2v) is 3.00. The van der Waals surface area contributed by atoms with Crippen LogP contribution in [0.4, 0.5) is 0 Å². The van der Waals surface area contributed by atoms with Crippen LogP contribution in [0.2, 0.25) is 0 Å². The number of hydrogen-bond acceptors (Lipinski definition) is 3. The Bertz CT molecular complexity index is 221. The van der Waals surface area contributed by atoms with E-state index >= 15 is 0 Å². The van der Waals surface area contributed by atoms with Crippen LogP contribution in [-0.4, -0.2) is 19.1 Å². The van der Waals surface area contributed by atoms with Gasteiger partial charge in [-0.1, -0.05) is 12.2 Å². The molecule has 1 N–H and O–H groups in total. The molecule has 3 heteroatoms. The monoisotopic (exact) mass is 181 g/mol. The molecule has 0 amide bonds. The lowest BCUT2D eigenvalue weighted by atomic mass is 10.0. The molecule has 0 radical (unpaired) electrons. The van der Waals surface area contributed by atoms with Gasteiger partial charge in [0.1, 0.15) is 0 Å².